The van der Waals surface area contributed by atoms with Crippen molar-refractivity contribution in [2.24, 2.45) is 0 Å². The molecule has 0 saturated carbocycles. The second kappa shape index (κ2) is 10.5. The second-order valence-corrected chi connectivity index (χ2v) is 6.75. The quantitative estimate of drug-likeness (QED) is 0.607. The van der Waals surface area contributed by atoms with Gasteiger partial charge in [0.1, 0.15) is 6.04 Å². The summed E-state index contributed by atoms with van der Waals surface area (Å²) in [6.07, 6.45) is 4.79. The van der Waals surface area contributed by atoms with Crippen LogP contribution in [0.5, 0.6) is 0 Å². The lowest BCUT2D eigenvalue weighted by atomic mass is 10.2. The molecule has 8 nitrogen and oxygen atoms in total. The van der Waals surface area contributed by atoms with E-state index in [2.05, 4.69) is 26.2 Å². The Morgan fingerprint density at radius 2 is 1.59 bits per heavy atom. The van der Waals surface area contributed by atoms with Crippen molar-refractivity contribution in [3.8, 4) is 0 Å². The first-order chi connectivity index (χ1) is 13.0. The topological polar surface area (TPSA) is 103 Å². The lowest BCUT2D eigenvalue weighted by Gasteiger charge is -2.19. The molecule has 0 aromatic heterocycles. The Hall–Kier alpha value is -2.61. The average Bonchev–Trinajstić information content (AvgIpc) is 2.91. The fourth-order valence-corrected chi connectivity index (χ4v) is 2.95. The van der Waals surface area contributed by atoms with Crippen LogP contribution >= 0.6 is 0 Å². The number of nitrogens with zero attached hydrogens (tertiary/aromatic N) is 1. The first kappa shape index (κ1) is 20.7. The molecule has 0 spiro atoms. The van der Waals surface area contributed by atoms with Crippen molar-refractivity contribution in [2.75, 3.05) is 37.3 Å². The van der Waals surface area contributed by atoms with Crippen molar-refractivity contribution < 1.29 is 14.4 Å². The van der Waals surface area contributed by atoms with Crippen molar-refractivity contribution in [1.82, 2.24) is 15.5 Å². The highest BCUT2D eigenvalue weighted by atomic mass is 16.2. The van der Waals surface area contributed by atoms with Gasteiger partial charge in [-0.3, -0.25) is 19.8 Å². The number of hydrogen-bond acceptors (Lipinski definition) is 5. The van der Waals surface area contributed by atoms with Gasteiger partial charge in [0.25, 0.3) is 0 Å². The molecule has 4 N–H and O–H groups in total. The molecular formula is C19H29N5O3. The van der Waals surface area contributed by atoms with Crippen LogP contribution in [0.2, 0.25) is 0 Å². The lowest BCUT2D eigenvalue weighted by Crippen LogP contribution is -2.44. The highest BCUT2D eigenvalue weighted by Gasteiger charge is 2.15. The molecule has 1 atom stereocenters. The van der Waals surface area contributed by atoms with Gasteiger partial charge in [-0.15, -0.1) is 0 Å². The zero-order valence-electron chi connectivity index (χ0n) is 16.0. The summed E-state index contributed by atoms with van der Waals surface area (Å²) in [6.45, 7) is 4.03. The van der Waals surface area contributed by atoms with Crippen molar-refractivity contribution in [2.45, 2.75) is 38.6 Å². The van der Waals surface area contributed by atoms with Crippen LogP contribution in [0.15, 0.2) is 24.3 Å². The minimum absolute atomic E-state index is 0.0177. The van der Waals surface area contributed by atoms with Crippen LogP contribution in [0, 0.1) is 0 Å². The Balaban J connectivity index is 1.80. The first-order valence-corrected chi connectivity index (χ1v) is 9.39. The number of amides is 4. The zero-order valence-corrected chi connectivity index (χ0v) is 16.0. The zero-order chi connectivity index (χ0) is 19.6. The van der Waals surface area contributed by atoms with Crippen LogP contribution in [-0.2, 0) is 9.59 Å². The van der Waals surface area contributed by atoms with Crippen LogP contribution < -0.4 is 21.3 Å². The van der Waals surface area contributed by atoms with E-state index >= 15 is 0 Å². The van der Waals surface area contributed by atoms with E-state index in [1.54, 1.807) is 31.2 Å². The molecule has 2 rings (SSSR count). The molecule has 8 heteroatoms. The molecule has 1 aliphatic rings. The SMILES string of the molecule is CNC(=O)NC(=O)C(C)Nc1ccc(NC(=O)CN2CCCCCC2)cc1. The molecular weight excluding hydrogens is 346 g/mol. The van der Waals surface area contributed by atoms with Gasteiger partial charge in [0.2, 0.25) is 11.8 Å². The molecule has 0 bridgehead atoms. The second-order valence-electron chi connectivity index (χ2n) is 6.75. The summed E-state index contributed by atoms with van der Waals surface area (Å²) in [5, 5.41) is 10.5. The molecule has 1 aromatic carbocycles. The molecule has 1 aliphatic heterocycles. The third kappa shape index (κ3) is 7.26. The van der Waals surface area contributed by atoms with Crippen LogP contribution in [0.4, 0.5) is 16.2 Å². The van der Waals surface area contributed by atoms with E-state index in [4.69, 9.17) is 0 Å². The average molecular weight is 375 g/mol. The Bertz CT molecular complexity index is 639. The summed E-state index contributed by atoms with van der Waals surface area (Å²) in [7, 11) is 1.45. The molecule has 0 radical (unpaired) electrons. The summed E-state index contributed by atoms with van der Waals surface area (Å²) < 4.78 is 0. The van der Waals surface area contributed by atoms with Gasteiger partial charge < -0.3 is 16.0 Å². The molecule has 0 aliphatic carbocycles. The largest absolute Gasteiger partial charge is 0.374 e. The summed E-state index contributed by atoms with van der Waals surface area (Å²) >= 11 is 0. The highest BCUT2D eigenvalue weighted by molar-refractivity contribution is 5.98. The maximum atomic E-state index is 12.2. The lowest BCUT2D eigenvalue weighted by molar-refractivity contribution is -0.120. The van der Waals surface area contributed by atoms with Gasteiger partial charge >= 0.3 is 6.03 Å². The van der Waals surface area contributed by atoms with Gasteiger partial charge in [0.15, 0.2) is 0 Å². The van der Waals surface area contributed by atoms with Crippen molar-refractivity contribution in [1.29, 1.82) is 0 Å². The number of carbonyl (C=O) groups excluding carboxylic acids is 3. The van der Waals surface area contributed by atoms with Gasteiger partial charge in [0.05, 0.1) is 6.54 Å². The summed E-state index contributed by atoms with van der Waals surface area (Å²) in [6, 6.07) is 6.01. The highest BCUT2D eigenvalue weighted by Crippen LogP contribution is 2.15. The van der Waals surface area contributed by atoms with E-state index < -0.39 is 18.0 Å². The standard InChI is InChI=1S/C19H29N5O3/c1-14(18(26)23-19(27)20-2)21-15-7-9-16(10-8-15)22-17(25)13-24-11-5-3-4-6-12-24/h7-10,14,21H,3-6,11-13H2,1-2H3,(H,22,25)(H2,20,23,26,27). The number of likely N-dealkylation sites (tertiary alicyclic amines) is 1. The number of urea groups is 1. The molecule has 1 fully saturated rings. The Labute approximate surface area is 160 Å². The summed E-state index contributed by atoms with van der Waals surface area (Å²) in [4.78, 5) is 37.4. The molecule has 4 amide bonds. The Morgan fingerprint density at radius 1 is 1.00 bits per heavy atom. The summed E-state index contributed by atoms with van der Waals surface area (Å²) in [5.74, 6) is -0.444. The van der Waals surface area contributed by atoms with E-state index in [0.29, 0.717) is 12.2 Å². The Kier molecular flexibility index (Phi) is 8.06. The predicted molar refractivity (Wildman–Crippen MR) is 106 cm³/mol. The molecule has 1 aromatic rings. The first-order valence-electron chi connectivity index (χ1n) is 9.39. The van der Waals surface area contributed by atoms with E-state index in [9.17, 15) is 14.4 Å². The van der Waals surface area contributed by atoms with Gasteiger partial charge in [-0.2, -0.15) is 0 Å². The third-order valence-electron chi connectivity index (χ3n) is 4.47. The van der Waals surface area contributed by atoms with Crippen molar-refractivity contribution >= 4 is 29.2 Å². The number of nitrogens with one attached hydrogen (secondary N) is 4. The number of imide groups is 1. The Morgan fingerprint density at radius 3 is 2.19 bits per heavy atom. The van der Waals surface area contributed by atoms with Crippen molar-refractivity contribution in [3.63, 3.8) is 0 Å². The maximum absolute atomic E-state index is 12.2. The van der Waals surface area contributed by atoms with Crippen LogP contribution in [0.3, 0.4) is 0 Å². The third-order valence-corrected chi connectivity index (χ3v) is 4.47. The predicted octanol–water partition coefficient (Wildman–Crippen LogP) is 1.76. The fraction of sp³-hybridized carbons (Fsp3) is 0.526. The smallest absolute Gasteiger partial charge is 0.321 e. The van der Waals surface area contributed by atoms with E-state index in [1.807, 2.05) is 0 Å². The van der Waals surface area contributed by atoms with E-state index in [1.165, 1.54) is 19.9 Å². The molecule has 1 saturated heterocycles. The van der Waals surface area contributed by atoms with E-state index in [0.717, 1.165) is 31.6 Å². The minimum Gasteiger partial charge on any atom is -0.374 e. The molecule has 27 heavy (non-hydrogen) atoms. The van der Waals surface area contributed by atoms with Gasteiger partial charge in [0, 0.05) is 18.4 Å². The number of hydrogen-bond donors (Lipinski definition) is 4. The number of carbonyl (C=O) groups is 3. The van der Waals surface area contributed by atoms with Crippen LogP contribution in [0.25, 0.3) is 0 Å². The van der Waals surface area contributed by atoms with Crippen molar-refractivity contribution in [3.05, 3.63) is 24.3 Å². The molecule has 1 unspecified atom stereocenters. The normalized spacial score (nSPS) is 15.9. The number of benzene rings is 1. The number of rotatable bonds is 6. The van der Waals surface area contributed by atoms with Gasteiger partial charge in [-0.1, -0.05) is 12.8 Å². The van der Waals surface area contributed by atoms with Gasteiger partial charge in [-0.05, 0) is 57.1 Å². The van der Waals surface area contributed by atoms with E-state index in [-0.39, 0.29) is 5.91 Å². The van der Waals surface area contributed by atoms with Crippen LogP contribution in [0.1, 0.15) is 32.6 Å². The molecule has 1 heterocycles. The summed E-state index contributed by atoms with van der Waals surface area (Å²) in [5.41, 5.74) is 1.43. The monoisotopic (exact) mass is 375 g/mol. The van der Waals surface area contributed by atoms with Crippen LogP contribution in [-0.4, -0.2) is 55.5 Å². The molecule has 148 valence electrons. The maximum Gasteiger partial charge on any atom is 0.321 e. The fourth-order valence-electron chi connectivity index (χ4n) is 2.95. The number of anilines is 2. The van der Waals surface area contributed by atoms with Gasteiger partial charge in [-0.25, -0.2) is 4.79 Å². The minimum atomic E-state index is -0.578.